The smallest absolute Gasteiger partial charge is 0.311 e. The van der Waals surface area contributed by atoms with Crippen molar-refractivity contribution in [1.82, 2.24) is 5.32 Å². The molecule has 76 heavy (non-hydrogen) atoms. The number of allylic oxidation sites excluding steroid dienone is 1. The number of guanidine groups is 1. The van der Waals surface area contributed by atoms with Gasteiger partial charge in [0, 0.05) is 24.8 Å². The molecule has 2 heterocycles. The normalized spacial score (nSPS) is 38.2. The van der Waals surface area contributed by atoms with E-state index >= 15 is 0 Å². The van der Waals surface area contributed by atoms with E-state index in [0.717, 1.165) is 12.0 Å². The van der Waals surface area contributed by atoms with E-state index in [4.69, 9.17) is 25.4 Å². The highest BCUT2D eigenvalue weighted by atomic mass is 127. The van der Waals surface area contributed by atoms with Gasteiger partial charge in [-0.05, 0) is 134 Å². The van der Waals surface area contributed by atoms with E-state index in [2.05, 4.69) is 5.32 Å². The first-order chi connectivity index (χ1) is 35.4. The van der Waals surface area contributed by atoms with Gasteiger partial charge in [-0.15, -0.1) is 24.0 Å². The van der Waals surface area contributed by atoms with Crippen molar-refractivity contribution in [1.29, 1.82) is 5.41 Å². The Kier molecular flexibility index (Phi) is 37.0. The Bertz CT molecular complexity index is 1640. The van der Waals surface area contributed by atoms with Gasteiger partial charge in [0.15, 0.2) is 12.2 Å². The summed E-state index contributed by atoms with van der Waals surface area (Å²) in [4.78, 5) is 14.2. The number of cyclic esters (lactones) is 1. The first kappa shape index (κ1) is 72.4. The summed E-state index contributed by atoms with van der Waals surface area (Å²) in [5, 5.41) is 151. The van der Waals surface area contributed by atoms with E-state index in [1.807, 2.05) is 40.7 Å². The minimum absolute atomic E-state index is 0. The Labute approximate surface area is 470 Å². The third-order valence-electron chi connectivity index (χ3n) is 15.3. The van der Waals surface area contributed by atoms with Crippen LogP contribution in [0.3, 0.4) is 0 Å². The summed E-state index contributed by atoms with van der Waals surface area (Å²) in [5.74, 6) is -2.78. The second-order valence-corrected chi connectivity index (χ2v) is 22.3. The average molecular weight is 1210 g/mol. The number of nitrogens with one attached hydrogen (secondary N) is 2. The molecule has 0 spiro atoms. The SMILES string of the molecule is CCCCC1C(=O)OC(C(C)C(O)CCCNC(=N)N)C(C)/C=C(\C)CCCCC(O)CC(O)CC(O)CC(O)CC(O)C(O[C@H]2O[C@H](CO)[C@@H](O)[C@@H]2O)/C=C(\C)C(O)CCCC(O)CCCC(O)CCC(C)C1O.I. The van der Waals surface area contributed by atoms with E-state index in [0.29, 0.717) is 108 Å². The lowest BCUT2D eigenvalue weighted by molar-refractivity contribution is -0.202. The zero-order chi connectivity index (χ0) is 56.4. The van der Waals surface area contributed by atoms with Crippen LogP contribution in [0.1, 0.15) is 176 Å². The summed E-state index contributed by atoms with van der Waals surface area (Å²) in [6.07, 6.45) is -7.44. The quantitative estimate of drug-likeness (QED) is 0.0333. The van der Waals surface area contributed by atoms with Gasteiger partial charge in [-0.3, -0.25) is 10.2 Å². The largest absolute Gasteiger partial charge is 0.461 e. The van der Waals surface area contributed by atoms with Gasteiger partial charge in [0.1, 0.15) is 30.5 Å². The minimum atomic E-state index is -1.59. The Balaban J connectivity index is 0.0000289. The van der Waals surface area contributed by atoms with Gasteiger partial charge in [-0.1, -0.05) is 64.7 Å². The van der Waals surface area contributed by atoms with Crippen molar-refractivity contribution in [2.75, 3.05) is 13.2 Å². The fourth-order valence-electron chi connectivity index (χ4n) is 10.4. The van der Waals surface area contributed by atoms with Crippen LogP contribution < -0.4 is 11.1 Å². The molecule has 0 aromatic heterocycles. The summed E-state index contributed by atoms with van der Waals surface area (Å²) in [7, 11) is 0. The fraction of sp³-hybridized carbons (Fsp3) is 0.891. The van der Waals surface area contributed by atoms with Gasteiger partial charge >= 0.3 is 5.97 Å². The van der Waals surface area contributed by atoms with Crippen LogP contribution in [0.2, 0.25) is 0 Å². The molecule has 0 aromatic rings. The predicted octanol–water partition coefficient (Wildman–Crippen LogP) is 3.08. The van der Waals surface area contributed by atoms with E-state index in [9.17, 15) is 71.2 Å². The Morgan fingerprint density at radius 1 is 0.763 bits per heavy atom. The topological polar surface area (TPSA) is 370 Å². The van der Waals surface area contributed by atoms with Gasteiger partial charge in [-0.2, -0.15) is 0 Å². The van der Waals surface area contributed by atoms with E-state index in [1.54, 1.807) is 6.92 Å². The highest BCUT2D eigenvalue weighted by Gasteiger charge is 2.45. The van der Waals surface area contributed by atoms with Crippen molar-refractivity contribution in [3.05, 3.63) is 23.3 Å². The molecule has 0 aliphatic carbocycles. The molecule has 21 heteroatoms. The first-order valence-corrected chi connectivity index (χ1v) is 28.1. The maximum absolute atomic E-state index is 14.2. The van der Waals surface area contributed by atoms with E-state index in [1.165, 1.54) is 6.08 Å². The highest BCUT2D eigenvalue weighted by molar-refractivity contribution is 14.0. The van der Waals surface area contributed by atoms with Crippen molar-refractivity contribution in [3.8, 4) is 0 Å². The Hall–Kier alpha value is -1.65. The second-order valence-electron chi connectivity index (χ2n) is 22.3. The summed E-state index contributed by atoms with van der Waals surface area (Å²) in [5.41, 5.74) is 6.80. The highest BCUT2D eigenvalue weighted by Crippen LogP contribution is 2.32. The number of aliphatic hydroxyl groups excluding tert-OH is 13. The Morgan fingerprint density at radius 3 is 1.93 bits per heavy atom. The number of ether oxygens (including phenoxy) is 3. The number of rotatable bonds is 12. The summed E-state index contributed by atoms with van der Waals surface area (Å²) in [6, 6.07) is 0. The van der Waals surface area contributed by atoms with Crippen molar-refractivity contribution >= 4 is 35.9 Å². The number of carbonyl (C=O) groups is 1. The molecular formula is C55H104IN3O17. The molecule has 17 N–H and O–H groups in total. The monoisotopic (exact) mass is 1210 g/mol. The predicted molar refractivity (Wildman–Crippen MR) is 299 cm³/mol. The van der Waals surface area contributed by atoms with Crippen LogP contribution in [0.5, 0.6) is 0 Å². The molecule has 0 amide bonds. The van der Waals surface area contributed by atoms with E-state index < -0.39 is 122 Å². The molecule has 0 aromatic carbocycles. The van der Waals surface area contributed by atoms with Crippen LogP contribution in [0.25, 0.3) is 0 Å². The van der Waals surface area contributed by atoms with E-state index in [-0.39, 0.29) is 73.9 Å². The van der Waals surface area contributed by atoms with Crippen LogP contribution in [0.15, 0.2) is 23.3 Å². The average Bonchev–Trinajstić information content (AvgIpc) is 3.61. The molecule has 0 radical (unpaired) electrons. The minimum Gasteiger partial charge on any atom is -0.461 e. The van der Waals surface area contributed by atoms with Crippen molar-refractivity contribution in [3.63, 3.8) is 0 Å². The molecule has 448 valence electrons. The fourth-order valence-corrected chi connectivity index (χ4v) is 10.4. The van der Waals surface area contributed by atoms with Gasteiger partial charge in [-0.25, -0.2) is 0 Å². The van der Waals surface area contributed by atoms with Crippen LogP contribution in [0.4, 0.5) is 0 Å². The van der Waals surface area contributed by atoms with Crippen LogP contribution >= 0.6 is 24.0 Å². The van der Waals surface area contributed by atoms with Gasteiger partial charge in [0.2, 0.25) is 0 Å². The number of hydrogen-bond acceptors (Lipinski definition) is 18. The molecule has 2 rings (SSSR count). The lowest BCUT2D eigenvalue weighted by Gasteiger charge is -2.34. The zero-order valence-electron chi connectivity index (χ0n) is 46.4. The number of carbonyl (C=O) groups excluding carboxylic acids is 1. The van der Waals surface area contributed by atoms with Crippen LogP contribution in [-0.2, 0) is 19.0 Å². The molecule has 0 saturated carbocycles. The van der Waals surface area contributed by atoms with Crippen LogP contribution in [-0.4, -0.2) is 189 Å². The first-order valence-electron chi connectivity index (χ1n) is 28.1. The van der Waals surface area contributed by atoms with Crippen molar-refractivity contribution in [2.45, 2.75) is 274 Å². The number of unbranched alkanes of at least 4 members (excludes halogenated alkanes) is 1. The maximum Gasteiger partial charge on any atom is 0.311 e. The molecule has 1 saturated heterocycles. The van der Waals surface area contributed by atoms with Crippen molar-refractivity contribution in [2.24, 2.45) is 29.4 Å². The molecule has 0 bridgehead atoms. The lowest BCUT2D eigenvalue weighted by Crippen LogP contribution is -2.42. The maximum atomic E-state index is 14.2. The summed E-state index contributed by atoms with van der Waals surface area (Å²) >= 11 is 0. The summed E-state index contributed by atoms with van der Waals surface area (Å²) < 4.78 is 17.7. The molecule has 2 aliphatic heterocycles. The number of aliphatic hydroxyl groups is 13. The lowest BCUT2D eigenvalue weighted by atomic mass is 9.84. The molecule has 16 unspecified atom stereocenters. The third kappa shape index (κ3) is 27.7. The number of hydrogen-bond donors (Lipinski definition) is 16. The van der Waals surface area contributed by atoms with Crippen LogP contribution in [0, 0.1) is 29.1 Å². The van der Waals surface area contributed by atoms with Gasteiger partial charge < -0.3 is 91.6 Å². The standard InChI is InChI=1S/C55H103N3O17.HI/c1-7-8-19-43-49(69)33(3)22-23-38(61)17-11-16-37(60)18-12-20-44(66)34(4)26-47(73-54-51(71)50(70)48(31-59)74-54)46(68)30-42(65)29-41(64)28-40(63)27-39(62)15-10-9-14-32(2)25-35(5)52(75-53(43)72)36(6)45(67)21-13-24-58-55(56)57;/h25-26,33,35-52,54,59-71H,7-24,27-31H2,1-6H3,(H4,56,57,58);1H/b32-25+,34-26+;/t33?,35?,36?,37?,38?,39?,40?,41?,42?,43?,44?,45?,46?,47?,48-,49?,50-,51+,52?,54+;/m1./s1. The number of halogens is 1. The van der Waals surface area contributed by atoms with Gasteiger partial charge in [0.05, 0.1) is 73.6 Å². The molecule has 2 aliphatic rings. The second kappa shape index (κ2) is 38.9. The zero-order valence-corrected chi connectivity index (χ0v) is 48.7. The third-order valence-corrected chi connectivity index (χ3v) is 15.3. The Morgan fingerprint density at radius 2 is 1.34 bits per heavy atom. The number of nitrogens with two attached hydrogens (primary N) is 1. The molecular weight excluding hydrogens is 1100 g/mol. The summed E-state index contributed by atoms with van der Waals surface area (Å²) in [6.45, 7) is 10.9. The van der Waals surface area contributed by atoms with Crippen molar-refractivity contribution < 1.29 is 85.4 Å². The molecule has 1 fully saturated rings. The van der Waals surface area contributed by atoms with Gasteiger partial charge in [0.25, 0.3) is 0 Å². The number of esters is 1. The molecule has 20 atom stereocenters. The molecule has 20 nitrogen and oxygen atoms in total.